The zero-order valence-corrected chi connectivity index (χ0v) is 12.3. The second kappa shape index (κ2) is 8.52. The first kappa shape index (κ1) is 15.5. The van der Waals surface area contributed by atoms with Gasteiger partial charge in [0.2, 0.25) is 0 Å². The van der Waals surface area contributed by atoms with Gasteiger partial charge < -0.3 is 4.74 Å². The molecule has 3 heteroatoms. The Morgan fingerprint density at radius 1 is 1.39 bits per heavy atom. The summed E-state index contributed by atoms with van der Waals surface area (Å²) >= 11 is 0. The molecular formula is C15H29NO2. The standard InChI is InChI=1S/C15H29NO2/c1-4-6-9-13(5-2)12-16-11-8-7-10-14(16)15(17)18-3/h13-14H,4-12H2,1-3H3/t13?,14-/m1/s1. The Hall–Kier alpha value is -0.570. The number of carbonyl (C=O) groups is 1. The third-order valence-electron chi connectivity index (χ3n) is 4.12. The molecule has 0 N–H and O–H groups in total. The first-order valence-electron chi connectivity index (χ1n) is 7.54. The molecule has 3 nitrogen and oxygen atoms in total. The lowest BCUT2D eigenvalue weighted by Crippen LogP contribution is -2.47. The van der Waals surface area contributed by atoms with E-state index >= 15 is 0 Å². The molecule has 18 heavy (non-hydrogen) atoms. The van der Waals surface area contributed by atoms with Crippen LogP contribution < -0.4 is 0 Å². The molecule has 1 heterocycles. The minimum atomic E-state index is -0.0416. The maximum absolute atomic E-state index is 11.8. The number of methoxy groups -OCH3 is 1. The molecule has 0 saturated carbocycles. The molecule has 2 atom stereocenters. The van der Waals surface area contributed by atoms with E-state index in [0.29, 0.717) is 0 Å². The van der Waals surface area contributed by atoms with E-state index in [1.54, 1.807) is 0 Å². The topological polar surface area (TPSA) is 29.5 Å². The van der Waals surface area contributed by atoms with Crippen molar-refractivity contribution in [2.45, 2.75) is 64.8 Å². The van der Waals surface area contributed by atoms with E-state index in [2.05, 4.69) is 18.7 Å². The van der Waals surface area contributed by atoms with Gasteiger partial charge in [-0.2, -0.15) is 0 Å². The molecule has 0 aromatic heterocycles. The van der Waals surface area contributed by atoms with Crippen molar-refractivity contribution in [3.05, 3.63) is 0 Å². The van der Waals surface area contributed by atoms with Crippen LogP contribution in [-0.4, -0.2) is 37.1 Å². The third-order valence-corrected chi connectivity index (χ3v) is 4.12. The molecule has 0 amide bonds. The van der Waals surface area contributed by atoms with Gasteiger partial charge in [0.15, 0.2) is 0 Å². The van der Waals surface area contributed by atoms with Crippen LogP contribution in [0, 0.1) is 5.92 Å². The first-order chi connectivity index (χ1) is 8.72. The average Bonchev–Trinajstić information content (AvgIpc) is 2.43. The minimum Gasteiger partial charge on any atom is -0.468 e. The van der Waals surface area contributed by atoms with Crippen LogP contribution in [0.15, 0.2) is 0 Å². The van der Waals surface area contributed by atoms with Crippen LogP contribution in [0.4, 0.5) is 0 Å². The van der Waals surface area contributed by atoms with Crippen molar-refractivity contribution in [1.29, 1.82) is 0 Å². The van der Waals surface area contributed by atoms with Crippen LogP contribution in [0.3, 0.4) is 0 Å². The van der Waals surface area contributed by atoms with Gasteiger partial charge in [-0.3, -0.25) is 9.69 Å². The average molecular weight is 255 g/mol. The highest BCUT2D eigenvalue weighted by Crippen LogP contribution is 2.22. The van der Waals surface area contributed by atoms with Gasteiger partial charge in [-0.15, -0.1) is 0 Å². The van der Waals surface area contributed by atoms with E-state index in [1.807, 2.05) is 0 Å². The fourth-order valence-electron chi connectivity index (χ4n) is 2.86. The molecule has 1 aliphatic heterocycles. The van der Waals surface area contributed by atoms with E-state index in [1.165, 1.54) is 39.2 Å². The summed E-state index contributed by atoms with van der Waals surface area (Å²) in [5.74, 6) is 0.690. The van der Waals surface area contributed by atoms with Gasteiger partial charge in [0.1, 0.15) is 6.04 Å². The Kier molecular flexibility index (Phi) is 7.33. The van der Waals surface area contributed by atoms with Crippen molar-refractivity contribution < 1.29 is 9.53 Å². The molecular weight excluding hydrogens is 226 g/mol. The molecule has 0 spiro atoms. The number of piperidine rings is 1. The lowest BCUT2D eigenvalue weighted by atomic mass is 9.95. The van der Waals surface area contributed by atoms with Gasteiger partial charge in [0.25, 0.3) is 0 Å². The summed E-state index contributed by atoms with van der Waals surface area (Å²) in [5, 5.41) is 0. The molecule has 1 rings (SSSR count). The highest BCUT2D eigenvalue weighted by atomic mass is 16.5. The number of rotatable bonds is 7. The van der Waals surface area contributed by atoms with Gasteiger partial charge in [-0.1, -0.05) is 39.5 Å². The zero-order valence-electron chi connectivity index (χ0n) is 12.3. The number of esters is 1. The van der Waals surface area contributed by atoms with Crippen LogP contribution in [0.25, 0.3) is 0 Å². The fourth-order valence-corrected chi connectivity index (χ4v) is 2.86. The molecule has 1 aliphatic rings. The highest BCUT2D eigenvalue weighted by molar-refractivity contribution is 5.75. The maximum Gasteiger partial charge on any atom is 0.323 e. The van der Waals surface area contributed by atoms with Crippen molar-refractivity contribution in [3.8, 4) is 0 Å². The molecule has 1 fully saturated rings. The Morgan fingerprint density at radius 2 is 2.17 bits per heavy atom. The van der Waals surface area contributed by atoms with Crippen LogP contribution in [0.5, 0.6) is 0 Å². The number of likely N-dealkylation sites (tertiary alicyclic amines) is 1. The zero-order chi connectivity index (χ0) is 13.4. The number of nitrogens with zero attached hydrogens (tertiary/aromatic N) is 1. The molecule has 1 saturated heterocycles. The van der Waals surface area contributed by atoms with E-state index in [0.717, 1.165) is 31.8 Å². The summed E-state index contributed by atoms with van der Waals surface area (Å²) in [6, 6.07) is 0.0134. The Morgan fingerprint density at radius 3 is 2.78 bits per heavy atom. The number of hydrogen-bond donors (Lipinski definition) is 0. The summed E-state index contributed by atoms with van der Waals surface area (Å²) in [6.45, 7) is 6.63. The van der Waals surface area contributed by atoms with Crippen LogP contribution in [0.1, 0.15) is 58.8 Å². The summed E-state index contributed by atoms with van der Waals surface area (Å²) in [5.41, 5.74) is 0. The maximum atomic E-state index is 11.8. The second-order valence-corrected chi connectivity index (χ2v) is 5.45. The Bertz CT molecular complexity index is 243. The largest absolute Gasteiger partial charge is 0.468 e. The second-order valence-electron chi connectivity index (χ2n) is 5.45. The van der Waals surface area contributed by atoms with E-state index in [9.17, 15) is 4.79 Å². The lowest BCUT2D eigenvalue weighted by molar-refractivity contribution is -0.148. The molecule has 0 radical (unpaired) electrons. The minimum absolute atomic E-state index is 0.0134. The predicted molar refractivity (Wildman–Crippen MR) is 74.5 cm³/mol. The number of carbonyl (C=O) groups excluding carboxylic acids is 1. The van der Waals surface area contributed by atoms with Gasteiger partial charge in [-0.25, -0.2) is 0 Å². The van der Waals surface area contributed by atoms with Crippen LogP contribution in [-0.2, 0) is 9.53 Å². The summed E-state index contributed by atoms with van der Waals surface area (Å²) < 4.78 is 4.94. The van der Waals surface area contributed by atoms with Gasteiger partial charge >= 0.3 is 5.97 Å². The van der Waals surface area contributed by atoms with E-state index in [4.69, 9.17) is 4.74 Å². The molecule has 0 aromatic carbocycles. The quantitative estimate of drug-likeness (QED) is 0.654. The summed E-state index contributed by atoms with van der Waals surface area (Å²) in [7, 11) is 1.50. The van der Waals surface area contributed by atoms with Gasteiger partial charge in [-0.05, 0) is 31.7 Å². The molecule has 0 aromatic rings. The fraction of sp³-hybridized carbons (Fsp3) is 0.933. The van der Waals surface area contributed by atoms with Crippen molar-refractivity contribution >= 4 is 5.97 Å². The van der Waals surface area contributed by atoms with Crippen molar-refractivity contribution in [1.82, 2.24) is 4.90 Å². The Balaban J connectivity index is 2.51. The molecule has 0 aliphatic carbocycles. The van der Waals surface area contributed by atoms with Gasteiger partial charge in [0.05, 0.1) is 7.11 Å². The number of ether oxygens (including phenoxy) is 1. The third kappa shape index (κ3) is 4.60. The summed E-state index contributed by atoms with van der Waals surface area (Å²) in [4.78, 5) is 14.2. The van der Waals surface area contributed by atoms with Crippen LogP contribution in [0.2, 0.25) is 0 Å². The Labute approximate surface area is 112 Å². The predicted octanol–water partition coefficient (Wildman–Crippen LogP) is 3.23. The van der Waals surface area contributed by atoms with E-state index < -0.39 is 0 Å². The SMILES string of the molecule is CCCCC(CC)CN1CCCC[C@@H]1C(=O)OC. The number of unbranched alkanes of at least 4 members (excludes halogenated alkanes) is 1. The van der Waals surface area contributed by atoms with E-state index in [-0.39, 0.29) is 12.0 Å². The normalized spacial score (nSPS) is 22.7. The van der Waals surface area contributed by atoms with Gasteiger partial charge in [0, 0.05) is 6.54 Å². The lowest BCUT2D eigenvalue weighted by Gasteiger charge is -2.36. The highest BCUT2D eigenvalue weighted by Gasteiger charge is 2.30. The van der Waals surface area contributed by atoms with Crippen molar-refractivity contribution in [3.63, 3.8) is 0 Å². The summed E-state index contributed by atoms with van der Waals surface area (Å²) in [6.07, 6.45) is 8.41. The molecule has 1 unspecified atom stereocenters. The number of hydrogen-bond acceptors (Lipinski definition) is 3. The van der Waals surface area contributed by atoms with Crippen molar-refractivity contribution in [2.75, 3.05) is 20.2 Å². The molecule has 0 bridgehead atoms. The van der Waals surface area contributed by atoms with Crippen LogP contribution >= 0.6 is 0 Å². The smallest absolute Gasteiger partial charge is 0.323 e. The molecule has 106 valence electrons. The van der Waals surface area contributed by atoms with Crippen molar-refractivity contribution in [2.24, 2.45) is 5.92 Å². The first-order valence-corrected chi connectivity index (χ1v) is 7.54. The monoisotopic (exact) mass is 255 g/mol.